The van der Waals surface area contributed by atoms with Crippen LogP contribution in [0.5, 0.6) is 0 Å². The van der Waals surface area contributed by atoms with Crippen molar-refractivity contribution in [1.82, 2.24) is 0 Å². The number of rotatable bonds is 1. The summed E-state index contributed by atoms with van der Waals surface area (Å²) in [6.45, 7) is 11.2. The smallest absolute Gasteiger partial charge is 0.150 e. The summed E-state index contributed by atoms with van der Waals surface area (Å²) in [6.07, 6.45) is 7.48. The van der Waals surface area contributed by atoms with Gasteiger partial charge in [0.25, 0.3) is 0 Å². The van der Waals surface area contributed by atoms with Gasteiger partial charge in [0.1, 0.15) is 12.0 Å². The van der Waals surface area contributed by atoms with Crippen molar-refractivity contribution in [3.63, 3.8) is 0 Å². The van der Waals surface area contributed by atoms with Crippen molar-refractivity contribution in [2.24, 2.45) is 16.2 Å². The summed E-state index contributed by atoms with van der Waals surface area (Å²) in [5, 5.41) is 0. The first-order chi connectivity index (χ1) is 7.52. The van der Waals surface area contributed by atoms with Gasteiger partial charge in [0.2, 0.25) is 0 Å². The highest BCUT2D eigenvalue weighted by Crippen LogP contribution is 2.57. The van der Waals surface area contributed by atoms with Gasteiger partial charge in [-0.2, -0.15) is 0 Å². The highest BCUT2D eigenvalue weighted by Gasteiger charge is 2.61. The van der Waals surface area contributed by atoms with Crippen molar-refractivity contribution in [2.45, 2.75) is 47.2 Å². The molecule has 0 fully saturated rings. The van der Waals surface area contributed by atoms with E-state index in [-0.39, 0.29) is 0 Å². The van der Waals surface area contributed by atoms with E-state index in [0.29, 0.717) is 0 Å². The minimum atomic E-state index is -1.67. The Labute approximate surface area is 104 Å². The van der Waals surface area contributed by atoms with Crippen LogP contribution in [0.25, 0.3) is 0 Å². The maximum atomic E-state index is 15.5. The van der Waals surface area contributed by atoms with E-state index in [2.05, 4.69) is 0 Å². The van der Waals surface area contributed by atoms with Crippen LogP contribution < -0.4 is 0 Å². The maximum absolute atomic E-state index is 15.5. The van der Waals surface area contributed by atoms with Crippen molar-refractivity contribution < 1.29 is 9.18 Å². The molecule has 0 saturated carbocycles. The Hall–Kier alpha value is -0.920. The molecule has 0 heterocycles. The van der Waals surface area contributed by atoms with Crippen LogP contribution in [0.4, 0.5) is 4.39 Å². The summed E-state index contributed by atoms with van der Waals surface area (Å²) >= 11 is 0. The van der Waals surface area contributed by atoms with Gasteiger partial charge in [-0.05, 0) is 11.5 Å². The Morgan fingerprint density at radius 3 is 1.71 bits per heavy atom. The number of aldehydes is 1. The Morgan fingerprint density at radius 1 is 0.941 bits per heavy atom. The second kappa shape index (κ2) is 3.79. The molecular weight excluding hydrogens is 215 g/mol. The summed E-state index contributed by atoms with van der Waals surface area (Å²) in [4.78, 5) is 11.7. The molecule has 1 aliphatic carbocycles. The average Bonchev–Trinajstić information content (AvgIpc) is 2.15. The highest BCUT2D eigenvalue weighted by atomic mass is 19.1. The number of hydrogen-bond acceptors (Lipinski definition) is 1. The molecule has 1 rings (SSSR count). The SMILES string of the molecule is CC(C)(C)C1(F)C=CC=CC1(C=O)C(C)(C)C. The van der Waals surface area contributed by atoms with E-state index >= 15 is 4.39 Å². The minimum Gasteiger partial charge on any atom is -0.302 e. The molecule has 0 radical (unpaired) electrons. The van der Waals surface area contributed by atoms with Crippen LogP contribution in [0.1, 0.15) is 41.5 Å². The third-order valence-corrected chi connectivity index (χ3v) is 3.92. The minimum absolute atomic E-state index is 0.474. The van der Waals surface area contributed by atoms with Gasteiger partial charge in [-0.1, -0.05) is 59.8 Å². The van der Waals surface area contributed by atoms with Gasteiger partial charge in [-0.3, -0.25) is 0 Å². The maximum Gasteiger partial charge on any atom is 0.150 e. The number of allylic oxidation sites excluding steroid dienone is 4. The fraction of sp³-hybridized carbons (Fsp3) is 0.667. The summed E-state index contributed by atoms with van der Waals surface area (Å²) in [5.74, 6) is 0. The third kappa shape index (κ3) is 1.78. The first-order valence-electron chi connectivity index (χ1n) is 6.04. The topological polar surface area (TPSA) is 17.1 Å². The molecule has 0 aliphatic heterocycles. The fourth-order valence-electron chi connectivity index (χ4n) is 2.62. The third-order valence-electron chi connectivity index (χ3n) is 3.92. The molecule has 0 spiro atoms. The molecule has 17 heavy (non-hydrogen) atoms. The van der Waals surface area contributed by atoms with E-state index in [0.717, 1.165) is 6.29 Å². The van der Waals surface area contributed by atoms with E-state index in [1.54, 1.807) is 18.2 Å². The van der Waals surface area contributed by atoms with E-state index in [1.807, 2.05) is 41.5 Å². The predicted molar refractivity (Wildman–Crippen MR) is 69.5 cm³/mol. The lowest BCUT2D eigenvalue weighted by molar-refractivity contribution is -0.137. The second-order valence-electron chi connectivity index (χ2n) is 6.92. The lowest BCUT2D eigenvalue weighted by Gasteiger charge is -2.53. The molecule has 2 heteroatoms. The number of alkyl halides is 1. The van der Waals surface area contributed by atoms with Crippen LogP contribution in [-0.4, -0.2) is 12.0 Å². The molecule has 0 aromatic heterocycles. The van der Waals surface area contributed by atoms with Crippen LogP contribution in [-0.2, 0) is 4.79 Å². The molecule has 0 saturated heterocycles. The van der Waals surface area contributed by atoms with E-state index in [9.17, 15) is 4.79 Å². The molecule has 1 nitrogen and oxygen atoms in total. The van der Waals surface area contributed by atoms with Gasteiger partial charge in [0.15, 0.2) is 0 Å². The van der Waals surface area contributed by atoms with Gasteiger partial charge < -0.3 is 4.79 Å². The summed E-state index contributed by atoms with van der Waals surface area (Å²) in [5.41, 5.74) is -3.90. The summed E-state index contributed by atoms with van der Waals surface area (Å²) < 4.78 is 15.5. The van der Waals surface area contributed by atoms with Crippen LogP contribution >= 0.6 is 0 Å². The van der Waals surface area contributed by atoms with Gasteiger partial charge >= 0.3 is 0 Å². The average molecular weight is 238 g/mol. The highest BCUT2D eigenvalue weighted by molar-refractivity contribution is 5.69. The van der Waals surface area contributed by atoms with Crippen molar-refractivity contribution in [1.29, 1.82) is 0 Å². The van der Waals surface area contributed by atoms with Crippen molar-refractivity contribution in [3.8, 4) is 0 Å². The molecule has 0 amide bonds. The van der Waals surface area contributed by atoms with Gasteiger partial charge in [0.05, 0.1) is 5.41 Å². The monoisotopic (exact) mass is 238 g/mol. The van der Waals surface area contributed by atoms with Crippen LogP contribution in [0.3, 0.4) is 0 Å². The Morgan fingerprint density at radius 2 is 1.41 bits per heavy atom. The first kappa shape index (κ1) is 14.1. The Bertz CT molecular complexity index is 367. The lowest BCUT2D eigenvalue weighted by Crippen LogP contribution is -2.58. The number of carbonyl (C=O) groups is 1. The van der Waals surface area contributed by atoms with Gasteiger partial charge in [-0.15, -0.1) is 0 Å². The number of hydrogen-bond donors (Lipinski definition) is 0. The zero-order valence-corrected chi connectivity index (χ0v) is 11.7. The molecule has 0 N–H and O–H groups in total. The normalized spacial score (nSPS) is 33.8. The molecule has 0 aromatic carbocycles. The molecule has 2 atom stereocenters. The standard InChI is InChI=1S/C15H23FO/c1-12(2,3)14(11-17)9-7-8-10-15(14,16)13(4,5)6/h7-11H,1-6H3. The zero-order chi connectivity index (χ0) is 13.5. The van der Waals surface area contributed by atoms with E-state index < -0.39 is 21.9 Å². The van der Waals surface area contributed by atoms with E-state index in [1.165, 1.54) is 6.08 Å². The molecule has 0 bridgehead atoms. The summed E-state index contributed by atoms with van der Waals surface area (Å²) in [7, 11) is 0. The van der Waals surface area contributed by atoms with Crippen molar-refractivity contribution in [3.05, 3.63) is 24.3 Å². The van der Waals surface area contributed by atoms with Crippen molar-refractivity contribution in [2.75, 3.05) is 0 Å². The zero-order valence-electron chi connectivity index (χ0n) is 11.7. The number of carbonyl (C=O) groups excluding carboxylic acids is 1. The Kier molecular flexibility index (Phi) is 3.15. The number of halogens is 1. The van der Waals surface area contributed by atoms with Gasteiger partial charge in [0, 0.05) is 5.41 Å². The lowest BCUT2D eigenvalue weighted by atomic mass is 9.51. The Balaban J connectivity index is 3.53. The second-order valence-corrected chi connectivity index (χ2v) is 6.92. The van der Waals surface area contributed by atoms with Gasteiger partial charge in [-0.25, -0.2) is 4.39 Å². The molecule has 1 aliphatic rings. The van der Waals surface area contributed by atoms with Crippen LogP contribution in [0.2, 0.25) is 0 Å². The van der Waals surface area contributed by atoms with Crippen molar-refractivity contribution >= 4 is 6.29 Å². The largest absolute Gasteiger partial charge is 0.302 e. The first-order valence-corrected chi connectivity index (χ1v) is 6.04. The quantitative estimate of drug-likeness (QED) is 0.629. The van der Waals surface area contributed by atoms with Crippen LogP contribution in [0, 0.1) is 16.2 Å². The van der Waals surface area contributed by atoms with E-state index in [4.69, 9.17) is 0 Å². The predicted octanol–water partition coefficient (Wildman–Crippen LogP) is 4.10. The fourth-order valence-corrected chi connectivity index (χ4v) is 2.62. The molecule has 0 aromatic rings. The molecular formula is C15H23FO. The molecule has 2 unspecified atom stereocenters. The van der Waals surface area contributed by atoms with Crippen LogP contribution in [0.15, 0.2) is 24.3 Å². The molecule has 96 valence electrons. The summed E-state index contributed by atoms with van der Waals surface area (Å²) in [6, 6.07) is 0.